The maximum absolute atomic E-state index is 12.7. The topological polar surface area (TPSA) is 102 Å². The molecule has 0 spiro atoms. The van der Waals surface area contributed by atoms with Crippen LogP contribution < -0.4 is 10.6 Å². The van der Waals surface area contributed by atoms with Crippen LogP contribution in [0.3, 0.4) is 0 Å². The van der Waals surface area contributed by atoms with E-state index in [1.165, 1.54) is 19.3 Å². The third-order valence-corrected chi connectivity index (χ3v) is 9.57. The summed E-state index contributed by atoms with van der Waals surface area (Å²) in [7, 11) is 0. The molecule has 200 valence electrons. The Bertz CT molecular complexity index is 825. The van der Waals surface area contributed by atoms with Gasteiger partial charge in [-0.05, 0) is 75.0 Å². The number of urea groups is 1. The lowest BCUT2D eigenvalue weighted by atomic mass is 9.53. The summed E-state index contributed by atoms with van der Waals surface area (Å²) in [5.41, 5.74) is 0.0348. The van der Waals surface area contributed by atoms with E-state index in [1.807, 2.05) is 4.90 Å². The van der Waals surface area contributed by atoms with Gasteiger partial charge in [0, 0.05) is 71.1 Å². The Balaban J connectivity index is 0.971. The molecule has 2 saturated heterocycles. The molecule has 0 radical (unpaired) electrons. The second-order valence-electron chi connectivity index (χ2n) is 12.2. The van der Waals surface area contributed by atoms with Crippen LogP contribution in [-0.2, 0) is 14.4 Å². The van der Waals surface area contributed by atoms with E-state index in [4.69, 9.17) is 0 Å². The van der Waals surface area contributed by atoms with E-state index in [-0.39, 0.29) is 42.1 Å². The molecule has 4 bridgehead atoms. The predicted molar refractivity (Wildman–Crippen MR) is 135 cm³/mol. The van der Waals surface area contributed by atoms with Gasteiger partial charge in [-0.1, -0.05) is 0 Å². The highest BCUT2D eigenvalue weighted by atomic mass is 16.2. The smallest absolute Gasteiger partial charge is 0.315 e. The van der Waals surface area contributed by atoms with Gasteiger partial charge in [-0.25, -0.2) is 4.79 Å². The molecule has 6 fully saturated rings. The molecule has 0 aromatic heterocycles. The zero-order valence-corrected chi connectivity index (χ0v) is 21.8. The summed E-state index contributed by atoms with van der Waals surface area (Å²) in [6.45, 7) is 5.80. The summed E-state index contributed by atoms with van der Waals surface area (Å²) in [6.07, 6.45) is 9.80. The van der Waals surface area contributed by atoms with E-state index in [0.29, 0.717) is 51.7 Å². The molecule has 6 rings (SSSR count). The monoisotopic (exact) mass is 501 g/mol. The molecule has 9 heteroatoms. The minimum atomic E-state index is -0.0156. The summed E-state index contributed by atoms with van der Waals surface area (Å²) >= 11 is 0. The molecular weight excluding hydrogens is 458 g/mol. The molecule has 9 nitrogen and oxygen atoms in total. The average Bonchev–Trinajstić information content (AvgIpc) is 2.85. The number of piperidine rings is 1. The molecule has 0 aromatic carbocycles. The van der Waals surface area contributed by atoms with E-state index >= 15 is 0 Å². The number of carbonyl (C=O) groups is 4. The summed E-state index contributed by atoms with van der Waals surface area (Å²) in [4.78, 5) is 54.7. The van der Waals surface area contributed by atoms with Crippen molar-refractivity contribution in [1.82, 2.24) is 25.3 Å². The molecule has 2 aliphatic heterocycles. The van der Waals surface area contributed by atoms with E-state index in [0.717, 1.165) is 49.9 Å². The second kappa shape index (κ2) is 10.6. The van der Waals surface area contributed by atoms with Crippen LogP contribution in [0.25, 0.3) is 0 Å². The Labute approximate surface area is 214 Å². The first-order valence-electron chi connectivity index (χ1n) is 14.2. The number of likely N-dealkylation sites (tertiary alicyclic amines) is 1. The Hall–Kier alpha value is -2.32. The van der Waals surface area contributed by atoms with Gasteiger partial charge < -0.3 is 25.3 Å². The van der Waals surface area contributed by atoms with Gasteiger partial charge in [0.05, 0.1) is 0 Å². The summed E-state index contributed by atoms with van der Waals surface area (Å²) in [6, 6.07) is -0.0156. The summed E-state index contributed by atoms with van der Waals surface area (Å²) in [5, 5.41) is 6.51. The first kappa shape index (κ1) is 25.3. The third-order valence-electron chi connectivity index (χ3n) is 9.57. The van der Waals surface area contributed by atoms with E-state index < -0.39 is 0 Å². The number of hydrogen-bond donors (Lipinski definition) is 2. The number of nitrogens with one attached hydrogen (secondary N) is 2. The molecule has 2 N–H and O–H groups in total. The Morgan fingerprint density at radius 2 is 1.19 bits per heavy atom. The third kappa shape index (κ3) is 5.80. The van der Waals surface area contributed by atoms with Gasteiger partial charge in [-0.15, -0.1) is 0 Å². The van der Waals surface area contributed by atoms with Crippen LogP contribution >= 0.6 is 0 Å². The normalized spacial score (nSPS) is 31.9. The van der Waals surface area contributed by atoms with Gasteiger partial charge in [0.1, 0.15) is 0 Å². The molecule has 4 aliphatic carbocycles. The lowest BCUT2D eigenvalue weighted by molar-refractivity contribution is -0.140. The van der Waals surface area contributed by atoms with Crippen molar-refractivity contribution in [2.45, 2.75) is 76.7 Å². The number of carbonyl (C=O) groups excluding carboxylic acids is 4. The van der Waals surface area contributed by atoms with Crippen molar-refractivity contribution < 1.29 is 19.2 Å². The van der Waals surface area contributed by atoms with Gasteiger partial charge >= 0.3 is 6.03 Å². The van der Waals surface area contributed by atoms with Gasteiger partial charge in [-0.3, -0.25) is 14.4 Å². The van der Waals surface area contributed by atoms with Crippen LogP contribution in [0.2, 0.25) is 0 Å². The van der Waals surface area contributed by atoms with Crippen molar-refractivity contribution >= 4 is 23.8 Å². The maximum atomic E-state index is 12.7. The quantitative estimate of drug-likeness (QED) is 0.581. The first-order valence-corrected chi connectivity index (χ1v) is 14.2. The lowest BCUT2D eigenvalue weighted by Crippen LogP contribution is -2.61. The van der Waals surface area contributed by atoms with Crippen molar-refractivity contribution in [2.24, 2.45) is 23.7 Å². The van der Waals surface area contributed by atoms with Crippen LogP contribution in [0.1, 0.15) is 71.1 Å². The molecular formula is C27H43N5O4. The van der Waals surface area contributed by atoms with Crippen LogP contribution in [0.15, 0.2) is 0 Å². The molecule has 0 unspecified atom stereocenters. The zero-order chi connectivity index (χ0) is 25.3. The largest absolute Gasteiger partial charge is 0.343 e. The minimum Gasteiger partial charge on any atom is -0.343 e. The standard InChI is InChI=1S/C27H43N5O4/c1-19(33)30-8-10-32(11-9-30)25(35)3-2-24(34)31-6-4-20(5-7-31)18-28-26(36)29-27-15-21-12-22(16-27)14-23(13-21)17-27/h20-23H,2-18H2,1H3,(H2,28,29,36). The predicted octanol–water partition coefficient (Wildman–Crippen LogP) is 1.96. The van der Waals surface area contributed by atoms with Crippen molar-refractivity contribution in [2.75, 3.05) is 45.8 Å². The minimum absolute atomic E-state index is 0.00401. The van der Waals surface area contributed by atoms with Crippen molar-refractivity contribution in [3.05, 3.63) is 0 Å². The van der Waals surface area contributed by atoms with Crippen molar-refractivity contribution in [1.29, 1.82) is 0 Å². The van der Waals surface area contributed by atoms with Crippen molar-refractivity contribution in [3.63, 3.8) is 0 Å². The van der Waals surface area contributed by atoms with Crippen LogP contribution in [0.4, 0.5) is 4.79 Å². The highest BCUT2D eigenvalue weighted by molar-refractivity contribution is 5.84. The molecule has 2 heterocycles. The van der Waals surface area contributed by atoms with Crippen LogP contribution in [0, 0.1) is 23.7 Å². The Kier molecular flexibility index (Phi) is 7.45. The first-order chi connectivity index (χ1) is 17.3. The van der Waals surface area contributed by atoms with Gasteiger partial charge in [0.15, 0.2) is 0 Å². The Morgan fingerprint density at radius 3 is 1.69 bits per heavy atom. The number of nitrogens with zero attached hydrogens (tertiary/aromatic N) is 3. The van der Waals surface area contributed by atoms with Gasteiger partial charge in [-0.2, -0.15) is 0 Å². The van der Waals surface area contributed by atoms with Crippen LogP contribution in [0.5, 0.6) is 0 Å². The number of rotatable bonds is 6. The Morgan fingerprint density at radius 1 is 0.722 bits per heavy atom. The van der Waals surface area contributed by atoms with Crippen molar-refractivity contribution in [3.8, 4) is 0 Å². The highest BCUT2D eigenvalue weighted by Gasteiger charge is 2.51. The van der Waals surface area contributed by atoms with E-state index in [2.05, 4.69) is 10.6 Å². The van der Waals surface area contributed by atoms with Gasteiger partial charge in [0.25, 0.3) is 0 Å². The molecule has 0 aromatic rings. The molecule has 0 atom stereocenters. The van der Waals surface area contributed by atoms with Gasteiger partial charge in [0.2, 0.25) is 17.7 Å². The second-order valence-corrected chi connectivity index (χ2v) is 12.2. The fourth-order valence-electron chi connectivity index (χ4n) is 7.97. The fraction of sp³-hybridized carbons (Fsp3) is 0.852. The average molecular weight is 502 g/mol. The number of amides is 5. The number of piperazine rings is 1. The number of hydrogen-bond acceptors (Lipinski definition) is 4. The van der Waals surface area contributed by atoms with E-state index in [9.17, 15) is 19.2 Å². The maximum Gasteiger partial charge on any atom is 0.315 e. The molecule has 5 amide bonds. The molecule has 4 saturated carbocycles. The zero-order valence-electron chi connectivity index (χ0n) is 21.8. The molecule has 6 aliphatic rings. The molecule has 36 heavy (non-hydrogen) atoms. The van der Waals surface area contributed by atoms with Crippen LogP contribution in [-0.4, -0.2) is 89.8 Å². The fourth-order valence-corrected chi connectivity index (χ4v) is 7.97. The lowest BCUT2D eigenvalue weighted by Gasteiger charge is -2.56. The summed E-state index contributed by atoms with van der Waals surface area (Å²) in [5.74, 6) is 2.89. The SMILES string of the molecule is CC(=O)N1CCN(C(=O)CCC(=O)N2CCC(CNC(=O)NC34CC5CC(CC(C5)C3)C4)CC2)CC1. The highest BCUT2D eigenvalue weighted by Crippen LogP contribution is 2.55. The van der Waals surface area contributed by atoms with E-state index in [1.54, 1.807) is 16.7 Å². The summed E-state index contributed by atoms with van der Waals surface area (Å²) < 4.78 is 0.